The third-order valence-electron chi connectivity index (χ3n) is 7.66. The van der Waals surface area contributed by atoms with E-state index in [1.165, 1.54) is 6.42 Å². The molecule has 0 bridgehead atoms. The van der Waals surface area contributed by atoms with E-state index in [1.807, 2.05) is 61.1 Å². The van der Waals surface area contributed by atoms with Crippen LogP contribution in [-0.2, 0) is 14.1 Å². The molecule has 6 heterocycles. The molecular formula is C28H34N10O. The van der Waals surface area contributed by atoms with Crippen LogP contribution in [0.2, 0.25) is 0 Å². The van der Waals surface area contributed by atoms with Gasteiger partial charge in [0.05, 0.1) is 45.8 Å². The minimum Gasteiger partial charge on any atom is -0.350 e. The fourth-order valence-electron chi connectivity index (χ4n) is 5.61. The molecule has 0 unspecified atom stereocenters. The molecule has 0 aliphatic carbocycles. The number of anilines is 2. The van der Waals surface area contributed by atoms with Gasteiger partial charge in [-0.25, -0.2) is 4.52 Å². The number of rotatable bonds is 7. The van der Waals surface area contributed by atoms with Crippen molar-refractivity contribution in [2.75, 3.05) is 18.4 Å². The third-order valence-corrected chi connectivity index (χ3v) is 7.66. The topological polar surface area (TPSA) is 110 Å². The van der Waals surface area contributed by atoms with Crippen molar-refractivity contribution in [3.8, 4) is 11.1 Å². The summed E-state index contributed by atoms with van der Waals surface area (Å²) in [4.78, 5) is 20.0. The first-order valence-electron chi connectivity index (χ1n) is 13.4. The number of likely N-dealkylation sites (tertiary alicyclic amines) is 1. The number of amides is 1. The van der Waals surface area contributed by atoms with Gasteiger partial charge in [0.2, 0.25) is 0 Å². The summed E-state index contributed by atoms with van der Waals surface area (Å²) in [6, 6.07) is 4.79. The number of carbonyl (C=O) groups is 1. The quantitative estimate of drug-likeness (QED) is 0.333. The van der Waals surface area contributed by atoms with Crippen molar-refractivity contribution in [2.45, 2.75) is 45.7 Å². The van der Waals surface area contributed by atoms with Crippen molar-refractivity contribution < 1.29 is 4.79 Å². The van der Waals surface area contributed by atoms with E-state index in [0.29, 0.717) is 30.0 Å². The minimum absolute atomic E-state index is 0.119. The Morgan fingerprint density at radius 1 is 1.10 bits per heavy atom. The molecule has 1 fully saturated rings. The van der Waals surface area contributed by atoms with Crippen LogP contribution in [-0.4, -0.2) is 70.1 Å². The summed E-state index contributed by atoms with van der Waals surface area (Å²) in [6.07, 6.45) is 11.5. The second kappa shape index (κ2) is 9.81. The highest BCUT2D eigenvalue weighted by Gasteiger charge is 2.27. The van der Waals surface area contributed by atoms with Crippen LogP contribution in [0.25, 0.3) is 27.5 Å². The predicted octanol–water partition coefficient (Wildman–Crippen LogP) is 3.67. The Hall–Kier alpha value is -4.25. The van der Waals surface area contributed by atoms with Crippen LogP contribution in [0, 0.1) is 6.92 Å². The Balaban J connectivity index is 1.26. The van der Waals surface area contributed by atoms with Gasteiger partial charge in [0.15, 0.2) is 5.82 Å². The Kier molecular flexibility index (Phi) is 6.30. The first-order valence-corrected chi connectivity index (χ1v) is 13.4. The summed E-state index contributed by atoms with van der Waals surface area (Å²) in [5.74, 6) is 0.541. The van der Waals surface area contributed by atoms with Gasteiger partial charge < -0.3 is 10.6 Å². The summed E-state index contributed by atoms with van der Waals surface area (Å²) in [6.45, 7) is 8.06. The molecule has 0 spiro atoms. The molecule has 0 saturated carbocycles. The lowest BCUT2D eigenvalue weighted by Crippen LogP contribution is -2.43. The molecule has 6 rings (SSSR count). The SMILES string of the molecule is Cc1ncc(C(=O)NC[C@H]2CCCN2C(C)C)cc1Nc1nn(C)c2c1cnn1cc(-c3cnn(C)c3)cc21. The molecule has 1 aliphatic rings. The minimum atomic E-state index is -0.119. The van der Waals surface area contributed by atoms with Gasteiger partial charge in [-0.1, -0.05) is 0 Å². The molecule has 5 aromatic rings. The van der Waals surface area contributed by atoms with Gasteiger partial charge in [-0.15, -0.1) is 0 Å². The number of carbonyl (C=O) groups excluding carboxylic acids is 1. The van der Waals surface area contributed by atoms with Crippen LogP contribution < -0.4 is 10.6 Å². The van der Waals surface area contributed by atoms with Crippen LogP contribution in [0.5, 0.6) is 0 Å². The summed E-state index contributed by atoms with van der Waals surface area (Å²) in [5.41, 5.74) is 5.99. The maximum atomic E-state index is 13.0. The van der Waals surface area contributed by atoms with Crippen molar-refractivity contribution in [1.82, 2.24) is 44.4 Å². The Morgan fingerprint density at radius 3 is 2.72 bits per heavy atom. The highest BCUT2D eigenvalue weighted by atomic mass is 16.1. The number of pyridine rings is 1. The maximum absolute atomic E-state index is 13.0. The fraction of sp³-hybridized carbons (Fsp3) is 0.393. The van der Waals surface area contributed by atoms with E-state index in [9.17, 15) is 4.79 Å². The fourth-order valence-corrected chi connectivity index (χ4v) is 5.61. The van der Waals surface area contributed by atoms with Gasteiger partial charge >= 0.3 is 0 Å². The summed E-state index contributed by atoms with van der Waals surface area (Å²) >= 11 is 0. The van der Waals surface area contributed by atoms with E-state index in [2.05, 4.69) is 50.6 Å². The smallest absolute Gasteiger partial charge is 0.252 e. The second-order valence-corrected chi connectivity index (χ2v) is 10.7. The van der Waals surface area contributed by atoms with Gasteiger partial charge in [-0.3, -0.25) is 24.0 Å². The molecule has 2 N–H and O–H groups in total. The van der Waals surface area contributed by atoms with E-state index in [0.717, 1.165) is 51.9 Å². The number of aromatic nitrogens is 7. The molecule has 1 atom stereocenters. The van der Waals surface area contributed by atoms with Crippen molar-refractivity contribution in [1.29, 1.82) is 0 Å². The number of hydrogen-bond acceptors (Lipinski definition) is 7. The molecule has 1 amide bonds. The summed E-state index contributed by atoms with van der Waals surface area (Å²) < 4.78 is 5.49. The highest BCUT2D eigenvalue weighted by Crippen LogP contribution is 2.31. The van der Waals surface area contributed by atoms with Gasteiger partial charge in [0.1, 0.15) is 0 Å². The summed E-state index contributed by atoms with van der Waals surface area (Å²) in [7, 11) is 3.82. The van der Waals surface area contributed by atoms with Crippen LogP contribution in [0.4, 0.5) is 11.5 Å². The van der Waals surface area contributed by atoms with Crippen LogP contribution in [0.3, 0.4) is 0 Å². The molecule has 39 heavy (non-hydrogen) atoms. The third kappa shape index (κ3) is 4.63. The highest BCUT2D eigenvalue weighted by molar-refractivity contribution is 6.01. The Morgan fingerprint density at radius 2 is 1.95 bits per heavy atom. The molecule has 202 valence electrons. The molecule has 1 aliphatic heterocycles. The number of nitrogens with one attached hydrogen (secondary N) is 2. The number of nitrogens with zero attached hydrogens (tertiary/aromatic N) is 8. The predicted molar refractivity (Wildman–Crippen MR) is 151 cm³/mol. The van der Waals surface area contributed by atoms with Crippen LogP contribution in [0.15, 0.2) is 43.1 Å². The average Bonchev–Trinajstić information content (AvgIpc) is 3.69. The standard InChI is InChI=1S/C28H34N10O/c1-17(2)37-8-6-7-22(37)13-30-28(39)19-9-24(18(3)29-11-19)33-27-23-14-32-38-16-20(21-12-31-35(4)15-21)10-25(38)26(23)36(5)34-27/h9-12,14-17,22H,6-8,13H2,1-5H3,(H,30,39)(H,33,34)/t22-/m1/s1. The molecule has 1 saturated heterocycles. The number of hydrogen-bond donors (Lipinski definition) is 2. The lowest BCUT2D eigenvalue weighted by Gasteiger charge is -2.28. The van der Waals surface area contributed by atoms with Crippen molar-refractivity contribution in [3.05, 3.63) is 54.4 Å². The van der Waals surface area contributed by atoms with E-state index in [-0.39, 0.29) is 5.91 Å². The van der Waals surface area contributed by atoms with E-state index in [4.69, 9.17) is 5.10 Å². The van der Waals surface area contributed by atoms with Gasteiger partial charge in [0, 0.05) is 62.4 Å². The van der Waals surface area contributed by atoms with E-state index < -0.39 is 0 Å². The van der Waals surface area contributed by atoms with Crippen LogP contribution >= 0.6 is 0 Å². The Bertz CT molecular complexity index is 1680. The monoisotopic (exact) mass is 526 g/mol. The molecule has 0 radical (unpaired) electrons. The van der Waals surface area contributed by atoms with E-state index >= 15 is 0 Å². The van der Waals surface area contributed by atoms with Crippen molar-refractivity contribution in [3.63, 3.8) is 0 Å². The van der Waals surface area contributed by atoms with Gasteiger partial charge in [-0.2, -0.15) is 15.3 Å². The van der Waals surface area contributed by atoms with Crippen molar-refractivity contribution >= 4 is 33.8 Å². The zero-order valence-corrected chi connectivity index (χ0v) is 23.0. The largest absolute Gasteiger partial charge is 0.350 e. The Labute approximate surface area is 226 Å². The lowest BCUT2D eigenvalue weighted by molar-refractivity contribution is 0.0935. The molecule has 5 aromatic heterocycles. The second-order valence-electron chi connectivity index (χ2n) is 10.7. The van der Waals surface area contributed by atoms with Crippen LogP contribution in [0.1, 0.15) is 42.7 Å². The van der Waals surface area contributed by atoms with E-state index in [1.54, 1.807) is 10.9 Å². The number of aryl methyl sites for hydroxylation is 3. The zero-order chi connectivity index (χ0) is 27.3. The summed E-state index contributed by atoms with van der Waals surface area (Å²) in [5, 5.41) is 21.1. The van der Waals surface area contributed by atoms with Gasteiger partial charge in [-0.05, 0) is 52.3 Å². The van der Waals surface area contributed by atoms with Gasteiger partial charge in [0.25, 0.3) is 5.91 Å². The molecule has 0 aromatic carbocycles. The number of fused-ring (bicyclic) bond motifs is 3. The normalized spacial score (nSPS) is 16.1. The lowest BCUT2D eigenvalue weighted by atomic mass is 10.1. The average molecular weight is 527 g/mol. The molecular weight excluding hydrogens is 492 g/mol. The maximum Gasteiger partial charge on any atom is 0.252 e. The first kappa shape index (κ1) is 25.1. The molecule has 11 heteroatoms. The molecule has 11 nitrogen and oxygen atoms in total. The first-order chi connectivity index (χ1) is 18.8. The zero-order valence-electron chi connectivity index (χ0n) is 23.0. The van der Waals surface area contributed by atoms with Crippen molar-refractivity contribution in [2.24, 2.45) is 14.1 Å².